The lowest BCUT2D eigenvalue weighted by atomic mass is 10.3. The Labute approximate surface area is 81.7 Å². The van der Waals surface area contributed by atoms with E-state index in [1.54, 1.807) is 12.1 Å². The summed E-state index contributed by atoms with van der Waals surface area (Å²) >= 11 is 3.24. The van der Waals surface area contributed by atoms with Gasteiger partial charge in [-0.3, -0.25) is 0 Å². The molecule has 0 aromatic carbocycles. The molecule has 4 nitrogen and oxygen atoms in total. The molecule has 0 bridgehead atoms. The van der Waals surface area contributed by atoms with Gasteiger partial charge in [-0.15, -0.1) is 0 Å². The summed E-state index contributed by atoms with van der Waals surface area (Å²) in [5.74, 6) is -1.01. The van der Waals surface area contributed by atoms with Gasteiger partial charge in [0.25, 0.3) is 0 Å². The van der Waals surface area contributed by atoms with Crippen LogP contribution in [-0.2, 0) is 0 Å². The smallest absolute Gasteiger partial charge is 0.354 e. The minimum atomic E-state index is -1.01. The Bertz CT molecular complexity index is 478. The monoisotopic (exact) mass is 240 g/mol. The molecule has 2 N–H and O–H groups in total. The van der Waals surface area contributed by atoms with Crippen LogP contribution in [0.4, 0.5) is 0 Å². The number of carboxylic acids is 1. The molecule has 0 atom stereocenters. The molecule has 0 saturated heterocycles. The Morgan fingerprint density at radius 3 is 3.00 bits per heavy atom. The van der Waals surface area contributed by atoms with Crippen molar-refractivity contribution in [3.63, 3.8) is 0 Å². The van der Waals surface area contributed by atoms with Crippen LogP contribution < -0.4 is 0 Å². The first-order valence-electron chi connectivity index (χ1n) is 3.55. The fraction of sp³-hybridized carbons (Fsp3) is 0. The predicted molar refractivity (Wildman–Crippen MR) is 50.8 cm³/mol. The first-order valence-corrected chi connectivity index (χ1v) is 4.34. The highest BCUT2D eigenvalue weighted by Crippen LogP contribution is 2.17. The number of nitrogens with one attached hydrogen (secondary N) is 1. The number of aromatic nitrogens is 2. The van der Waals surface area contributed by atoms with Crippen LogP contribution in [0.1, 0.15) is 10.5 Å². The van der Waals surface area contributed by atoms with Crippen molar-refractivity contribution < 1.29 is 9.90 Å². The van der Waals surface area contributed by atoms with E-state index in [1.807, 2.05) is 0 Å². The van der Waals surface area contributed by atoms with Gasteiger partial charge in [-0.25, -0.2) is 9.78 Å². The second-order valence-corrected chi connectivity index (χ2v) is 3.41. The SMILES string of the molecule is O=C(O)c1ccc2[nH]c(Br)cc2n1. The van der Waals surface area contributed by atoms with Gasteiger partial charge < -0.3 is 10.1 Å². The van der Waals surface area contributed by atoms with E-state index in [1.165, 1.54) is 6.07 Å². The Balaban J connectivity index is 2.67. The molecule has 0 amide bonds. The number of carboxylic acid groups (broad SMARTS) is 1. The molecule has 0 aliphatic rings. The number of H-pyrrole nitrogens is 1. The number of halogens is 1. The molecule has 0 unspecified atom stereocenters. The summed E-state index contributed by atoms with van der Waals surface area (Å²) in [6.07, 6.45) is 0. The summed E-state index contributed by atoms with van der Waals surface area (Å²) in [4.78, 5) is 17.5. The Morgan fingerprint density at radius 1 is 1.54 bits per heavy atom. The Kier molecular flexibility index (Phi) is 1.81. The van der Waals surface area contributed by atoms with E-state index in [-0.39, 0.29) is 5.69 Å². The fourth-order valence-electron chi connectivity index (χ4n) is 1.09. The molecule has 2 rings (SSSR count). The van der Waals surface area contributed by atoms with E-state index in [9.17, 15) is 4.79 Å². The Hall–Kier alpha value is -1.36. The number of pyridine rings is 1. The third kappa shape index (κ3) is 1.42. The number of fused-ring (bicyclic) bond motifs is 1. The quantitative estimate of drug-likeness (QED) is 0.802. The minimum absolute atomic E-state index is 0.0546. The second kappa shape index (κ2) is 2.85. The summed E-state index contributed by atoms with van der Waals surface area (Å²) in [5.41, 5.74) is 1.52. The van der Waals surface area contributed by atoms with Gasteiger partial charge in [0.2, 0.25) is 0 Å². The van der Waals surface area contributed by atoms with E-state index in [2.05, 4.69) is 25.9 Å². The van der Waals surface area contributed by atoms with Crippen molar-refractivity contribution in [2.75, 3.05) is 0 Å². The van der Waals surface area contributed by atoms with Gasteiger partial charge >= 0.3 is 5.97 Å². The van der Waals surface area contributed by atoms with Crippen molar-refractivity contribution in [2.24, 2.45) is 0 Å². The summed E-state index contributed by atoms with van der Waals surface area (Å²) in [5, 5.41) is 8.67. The van der Waals surface area contributed by atoms with Crippen LogP contribution in [0.5, 0.6) is 0 Å². The normalized spacial score (nSPS) is 10.5. The van der Waals surface area contributed by atoms with Crippen LogP contribution in [0, 0.1) is 0 Å². The molecule has 0 aliphatic carbocycles. The van der Waals surface area contributed by atoms with Crippen LogP contribution in [0.15, 0.2) is 22.8 Å². The Morgan fingerprint density at radius 2 is 2.31 bits per heavy atom. The largest absolute Gasteiger partial charge is 0.477 e. The lowest BCUT2D eigenvalue weighted by Gasteiger charge is -1.92. The number of nitrogens with zero attached hydrogens (tertiary/aromatic N) is 1. The summed E-state index contributed by atoms with van der Waals surface area (Å²) in [6.45, 7) is 0. The van der Waals surface area contributed by atoms with Crippen LogP contribution >= 0.6 is 15.9 Å². The van der Waals surface area contributed by atoms with E-state index in [0.29, 0.717) is 5.52 Å². The number of carbonyl (C=O) groups is 1. The van der Waals surface area contributed by atoms with Gasteiger partial charge in [-0.1, -0.05) is 0 Å². The number of rotatable bonds is 1. The van der Waals surface area contributed by atoms with Crippen LogP contribution in [-0.4, -0.2) is 21.0 Å². The molecule has 2 aromatic rings. The molecule has 13 heavy (non-hydrogen) atoms. The molecule has 2 heterocycles. The lowest BCUT2D eigenvalue weighted by molar-refractivity contribution is 0.0691. The van der Waals surface area contributed by atoms with Crippen molar-refractivity contribution in [3.05, 3.63) is 28.5 Å². The highest BCUT2D eigenvalue weighted by atomic mass is 79.9. The van der Waals surface area contributed by atoms with Crippen LogP contribution in [0.25, 0.3) is 11.0 Å². The zero-order valence-electron chi connectivity index (χ0n) is 6.41. The van der Waals surface area contributed by atoms with Crippen molar-refractivity contribution in [2.45, 2.75) is 0 Å². The summed E-state index contributed by atoms with van der Waals surface area (Å²) in [7, 11) is 0. The summed E-state index contributed by atoms with van der Waals surface area (Å²) in [6, 6.07) is 4.89. The van der Waals surface area contributed by atoms with Gasteiger partial charge in [0.1, 0.15) is 5.69 Å². The van der Waals surface area contributed by atoms with Crippen LogP contribution in [0.2, 0.25) is 0 Å². The molecule has 5 heteroatoms. The molecule has 0 aliphatic heterocycles. The molecular weight excluding hydrogens is 236 g/mol. The highest BCUT2D eigenvalue weighted by molar-refractivity contribution is 9.10. The topological polar surface area (TPSA) is 66.0 Å². The second-order valence-electron chi connectivity index (χ2n) is 2.55. The summed E-state index contributed by atoms with van der Waals surface area (Å²) < 4.78 is 0.789. The van der Waals surface area contributed by atoms with Gasteiger partial charge in [0.15, 0.2) is 0 Å². The number of aromatic carboxylic acids is 1. The fourth-order valence-corrected chi connectivity index (χ4v) is 1.52. The van der Waals surface area contributed by atoms with Gasteiger partial charge in [-0.2, -0.15) is 0 Å². The predicted octanol–water partition coefficient (Wildman–Crippen LogP) is 2.02. The van der Waals surface area contributed by atoms with Crippen molar-refractivity contribution in [3.8, 4) is 0 Å². The standard InChI is InChI=1S/C8H5BrN2O2/c9-7-3-6-4(11-7)1-2-5(10-6)8(12)13/h1-3,11H,(H,12,13). The molecule has 0 spiro atoms. The third-order valence-electron chi connectivity index (χ3n) is 1.66. The van der Waals surface area contributed by atoms with E-state index < -0.39 is 5.97 Å². The maximum atomic E-state index is 10.6. The zero-order chi connectivity index (χ0) is 9.42. The minimum Gasteiger partial charge on any atom is -0.477 e. The average Bonchev–Trinajstić information content (AvgIpc) is 2.42. The van der Waals surface area contributed by atoms with Gasteiger partial charge in [0.05, 0.1) is 15.6 Å². The number of hydrogen-bond donors (Lipinski definition) is 2. The molecule has 0 fully saturated rings. The molecule has 2 aromatic heterocycles. The number of hydrogen-bond acceptors (Lipinski definition) is 2. The molecule has 66 valence electrons. The lowest BCUT2D eigenvalue weighted by Crippen LogP contribution is -1.98. The van der Waals surface area contributed by atoms with Gasteiger partial charge in [-0.05, 0) is 34.1 Å². The van der Waals surface area contributed by atoms with E-state index >= 15 is 0 Å². The van der Waals surface area contributed by atoms with Gasteiger partial charge in [0, 0.05) is 0 Å². The van der Waals surface area contributed by atoms with E-state index in [4.69, 9.17) is 5.11 Å². The van der Waals surface area contributed by atoms with Crippen LogP contribution in [0.3, 0.4) is 0 Å². The van der Waals surface area contributed by atoms with E-state index in [0.717, 1.165) is 10.1 Å². The molecule has 0 saturated carbocycles. The average molecular weight is 241 g/mol. The zero-order valence-corrected chi connectivity index (χ0v) is 8.00. The third-order valence-corrected chi connectivity index (χ3v) is 2.09. The maximum absolute atomic E-state index is 10.6. The maximum Gasteiger partial charge on any atom is 0.354 e. The highest BCUT2D eigenvalue weighted by Gasteiger charge is 2.06. The van der Waals surface area contributed by atoms with Crippen molar-refractivity contribution >= 4 is 32.9 Å². The molecule has 0 radical (unpaired) electrons. The van der Waals surface area contributed by atoms with Crippen molar-refractivity contribution in [1.29, 1.82) is 0 Å². The first kappa shape index (κ1) is 8.25. The number of aromatic amines is 1. The molecular formula is C8H5BrN2O2. The van der Waals surface area contributed by atoms with Crippen molar-refractivity contribution in [1.82, 2.24) is 9.97 Å². The first-order chi connectivity index (χ1) is 6.16.